The number of aromatic nitrogens is 5. The van der Waals surface area contributed by atoms with Crippen LogP contribution >= 0.6 is 11.8 Å². The van der Waals surface area contributed by atoms with Gasteiger partial charge in [0.2, 0.25) is 16.9 Å². The van der Waals surface area contributed by atoms with Crippen LogP contribution in [0.4, 0.5) is 0 Å². The highest BCUT2D eigenvalue weighted by Gasteiger charge is 2.31. The third-order valence-electron chi connectivity index (χ3n) is 4.89. The Hall–Kier alpha value is -2.93. The van der Waals surface area contributed by atoms with Gasteiger partial charge in [-0.1, -0.05) is 47.7 Å². The summed E-state index contributed by atoms with van der Waals surface area (Å²) in [6.45, 7) is 4.09. The first-order valence-electron chi connectivity index (χ1n) is 9.77. The lowest BCUT2D eigenvalue weighted by atomic mass is 10.1. The summed E-state index contributed by atoms with van der Waals surface area (Å²) >= 11 is 1.54. The number of thioether (sulfide) groups is 1. The van der Waals surface area contributed by atoms with Crippen molar-refractivity contribution in [1.29, 1.82) is 0 Å². The number of nitrogens with zero attached hydrogens (tertiary/aromatic N) is 5. The number of para-hydroxylation sites is 1. The summed E-state index contributed by atoms with van der Waals surface area (Å²) in [6.07, 6.45) is 2.35. The van der Waals surface area contributed by atoms with Crippen LogP contribution in [-0.4, -0.2) is 25.0 Å². The molecule has 1 aliphatic carbocycles. The summed E-state index contributed by atoms with van der Waals surface area (Å²) in [7, 11) is 0. The van der Waals surface area contributed by atoms with Crippen LogP contribution in [0, 0.1) is 6.92 Å². The molecular formula is C22H21N5OS. The van der Waals surface area contributed by atoms with Crippen LogP contribution in [0.2, 0.25) is 0 Å². The minimum Gasteiger partial charge on any atom is -0.419 e. The van der Waals surface area contributed by atoms with E-state index in [1.165, 1.54) is 12.8 Å². The molecule has 1 atom stereocenters. The van der Waals surface area contributed by atoms with Crippen LogP contribution in [0.3, 0.4) is 0 Å². The topological polar surface area (TPSA) is 69.6 Å². The molecule has 2 aromatic carbocycles. The van der Waals surface area contributed by atoms with Gasteiger partial charge in [-0.25, -0.2) is 9.67 Å². The van der Waals surface area contributed by atoms with Crippen molar-refractivity contribution in [2.75, 3.05) is 0 Å². The number of aryl methyl sites for hydroxylation is 1. The molecule has 4 aromatic rings. The van der Waals surface area contributed by atoms with E-state index >= 15 is 0 Å². The van der Waals surface area contributed by atoms with E-state index in [9.17, 15) is 0 Å². The van der Waals surface area contributed by atoms with Crippen LogP contribution in [0.5, 0.6) is 0 Å². The van der Waals surface area contributed by atoms with Gasteiger partial charge in [0.1, 0.15) is 5.82 Å². The molecule has 0 amide bonds. The van der Waals surface area contributed by atoms with E-state index in [2.05, 4.69) is 22.3 Å². The minimum absolute atomic E-state index is 0.0419. The summed E-state index contributed by atoms with van der Waals surface area (Å²) in [5.74, 6) is 2.66. The van der Waals surface area contributed by atoms with Gasteiger partial charge in [-0.15, -0.1) is 15.3 Å². The zero-order valence-electron chi connectivity index (χ0n) is 16.3. The molecule has 0 radical (unpaired) electrons. The van der Waals surface area contributed by atoms with Gasteiger partial charge >= 0.3 is 0 Å². The Morgan fingerprint density at radius 1 is 1.07 bits per heavy atom. The molecule has 2 heterocycles. The first-order chi connectivity index (χ1) is 14.2. The second-order valence-electron chi connectivity index (χ2n) is 7.35. The Balaban J connectivity index is 1.38. The van der Waals surface area contributed by atoms with Crippen LogP contribution in [-0.2, 0) is 0 Å². The lowest BCUT2D eigenvalue weighted by Crippen LogP contribution is -2.01. The minimum atomic E-state index is -0.0419. The Labute approximate surface area is 173 Å². The molecule has 7 heteroatoms. The smallest absolute Gasteiger partial charge is 0.247 e. The molecule has 0 bridgehead atoms. The van der Waals surface area contributed by atoms with Gasteiger partial charge in [0.05, 0.1) is 10.9 Å². The maximum Gasteiger partial charge on any atom is 0.247 e. The van der Waals surface area contributed by atoms with E-state index in [0.717, 1.165) is 27.8 Å². The largest absolute Gasteiger partial charge is 0.419 e. The molecule has 0 spiro atoms. The van der Waals surface area contributed by atoms with E-state index in [1.54, 1.807) is 11.8 Å². The molecule has 0 aliphatic heterocycles. The maximum atomic E-state index is 5.93. The van der Waals surface area contributed by atoms with Crippen molar-refractivity contribution < 1.29 is 4.42 Å². The molecule has 0 saturated heterocycles. The average molecular weight is 404 g/mol. The van der Waals surface area contributed by atoms with Crippen molar-refractivity contribution in [2.24, 2.45) is 0 Å². The third-order valence-corrected chi connectivity index (χ3v) is 5.83. The highest BCUT2D eigenvalue weighted by atomic mass is 32.2. The summed E-state index contributed by atoms with van der Waals surface area (Å²) < 4.78 is 7.91. The lowest BCUT2D eigenvalue weighted by Gasteiger charge is -2.04. The molecule has 6 nitrogen and oxygen atoms in total. The summed E-state index contributed by atoms with van der Waals surface area (Å²) in [4.78, 5) is 4.82. The standard InChI is InChI=1S/C22H21N5OS/c1-14-7-6-8-17(13-14)21-25-24-20(28-21)15(2)29-22-23-19(16-11-12-16)27(26-22)18-9-4-3-5-10-18/h3-10,13,15-16H,11-12H2,1-2H3/t15-/m0/s1. The SMILES string of the molecule is Cc1cccc(-c2nnc([C@H](C)Sc3nc(C4CC4)n(-c4ccccc4)n3)o2)c1. The van der Waals surface area contributed by atoms with Gasteiger partial charge in [-0.3, -0.25) is 0 Å². The van der Waals surface area contributed by atoms with Crippen molar-refractivity contribution in [3.8, 4) is 17.1 Å². The normalized spacial score (nSPS) is 14.8. The predicted octanol–water partition coefficient (Wildman–Crippen LogP) is 5.36. The van der Waals surface area contributed by atoms with Crippen molar-refractivity contribution in [1.82, 2.24) is 25.0 Å². The number of benzene rings is 2. The Morgan fingerprint density at radius 3 is 2.66 bits per heavy atom. The van der Waals surface area contributed by atoms with Crippen LogP contribution in [0.15, 0.2) is 64.2 Å². The zero-order chi connectivity index (χ0) is 19.8. The fourth-order valence-corrected chi connectivity index (χ4v) is 4.01. The summed E-state index contributed by atoms with van der Waals surface area (Å²) in [6, 6.07) is 18.2. The third kappa shape index (κ3) is 3.82. The van der Waals surface area contributed by atoms with Gasteiger partial charge in [-0.2, -0.15) is 0 Å². The molecule has 0 unspecified atom stereocenters. The second kappa shape index (κ2) is 7.48. The van der Waals surface area contributed by atoms with E-state index in [4.69, 9.17) is 14.5 Å². The van der Waals surface area contributed by atoms with E-state index in [-0.39, 0.29) is 5.25 Å². The molecule has 1 fully saturated rings. The Bertz CT molecular complexity index is 1130. The van der Waals surface area contributed by atoms with E-state index in [1.807, 2.05) is 61.0 Å². The monoisotopic (exact) mass is 403 g/mol. The fraction of sp³-hybridized carbons (Fsp3) is 0.273. The summed E-state index contributed by atoms with van der Waals surface area (Å²) in [5, 5.41) is 13.9. The van der Waals surface area contributed by atoms with Crippen molar-refractivity contribution in [3.05, 3.63) is 71.9 Å². The van der Waals surface area contributed by atoms with Gasteiger partial charge in [0.15, 0.2) is 0 Å². The van der Waals surface area contributed by atoms with Crippen molar-refractivity contribution in [3.63, 3.8) is 0 Å². The lowest BCUT2D eigenvalue weighted by molar-refractivity contribution is 0.509. The van der Waals surface area contributed by atoms with Crippen molar-refractivity contribution in [2.45, 2.75) is 43.0 Å². The molecule has 146 valence electrons. The molecule has 1 saturated carbocycles. The van der Waals surface area contributed by atoms with Gasteiger partial charge in [-0.05, 0) is 51.0 Å². The van der Waals surface area contributed by atoms with Crippen LogP contribution in [0.1, 0.15) is 48.2 Å². The van der Waals surface area contributed by atoms with Crippen molar-refractivity contribution >= 4 is 11.8 Å². The number of hydrogen-bond acceptors (Lipinski definition) is 6. The molecule has 29 heavy (non-hydrogen) atoms. The molecule has 0 N–H and O–H groups in total. The number of hydrogen-bond donors (Lipinski definition) is 0. The Kier molecular flexibility index (Phi) is 4.67. The van der Waals surface area contributed by atoms with E-state index < -0.39 is 0 Å². The molecule has 2 aromatic heterocycles. The molecular weight excluding hydrogens is 382 g/mol. The first-order valence-corrected chi connectivity index (χ1v) is 10.6. The van der Waals surface area contributed by atoms with Gasteiger partial charge in [0.25, 0.3) is 0 Å². The van der Waals surface area contributed by atoms with E-state index in [0.29, 0.717) is 17.7 Å². The molecule has 5 rings (SSSR count). The first kappa shape index (κ1) is 18.1. The Morgan fingerprint density at radius 2 is 1.90 bits per heavy atom. The average Bonchev–Trinajstić information content (AvgIpc) is 3.30. The second-order valence-corrected chi connectivity index (χ2v) is 8.66. The predicted molar refractivity (Wildman–Crippen MR) is 112 cm³/mol. The number of rotatable bonds is 6. The van der Waals surface area contributed by atoms with Crippen LogP contribution < -0.4 is 0 Å². The van der Waals surface area contributed by atoms with Gasteiger partial charge in [0, 0.05) is 11.5 Å². The van der Waals surface area contributed by atoms with Gasteiger partial charge < -0.3 is 4.42 Å². The highest BCUT2D eigenvalue weighted by Crippen LogP contribution is 2.41. The molecule has 1 aliphatic rings. The maximum absolute atomic E-state index is 5.93. The highest BCUT2D eigenvalue weighted by molar-refractivity contribution is 7.99. The fourth-order valence-electron chi connectivity index (χ4n) is 3.22. The van der Waals surface area contributed by atoms with Crippen LogP contribution in [0.25, 0.3) is 17.1 Å². The summed E-state index contributed by atoms with van der Waals surface area (Å²) in [5.41, 5.74) is 3.14. The quantitative estimate of drug-likeness (QED) is 0.404. The zero-order valence-corrected chi connectivity index (χ0v) is 17.1.